The third-order valence-corrected chi connectivity index (χ3v) is 5.00. The molecule has 2 aromatic carbocycles. The second-order valence-electron chi connectivity index (χ2n) is 6.39. The van der Waals surface area contributed by atoms with Gasteiger partial charge in [0.05, 0.1) is 12.1 Å². The maximum Gasteiger partial charge on any atom is 0.241 e. The molecule has 2 aliphatic rings. The molecule has 2 fully saturated rings. The summed E-state index contributed by atoms with van der Waals surface area (Å²) in [6, 6.07) is 20.9. The molecule has 1 amide bonds. The molecule has 3 nitrogen and oxygen atoms in total. The van der Waals surface area contributed by atoms with Gasteiger partial charge in [-0.1, -0.05) is 67.2 Å². The fraction of sp³-hybridized carbons (Fsp3) is 0.250. The van der Waals surface area contributed by atoms with E-state index in [4.69, 9.17) is 0 Å². The van der Waals surface area contributed by atoms with Gasteiger partial charge >= 0.3 is 0 Å². The highest BCUT2D eigenvalue weighted by molar-refractivity contribution is 5.86. The Morgan fingerprint density at radius 2 is 1.70 bits per heavy atom. The minimum atomic E-state index is -0.0732. The minimum absolute atomic E-state index is 0.0732. The summed E-state index contributed by atoms with van der Waals surface area (Å²) in [5.41, 5.74) is 3.35. The van der Waals surface area contributed by atoms with Crippen LogP contribution in [0.2, 0.25) is 0 Å². The zero-order chi connectivity index (χ0) is 15.8. The normalized spacial score (nSPS) is 27.0. The molecule has 2 heterocycles. The molecular weight excluding hydrogens is 284 g/mol. The van der Waals surface area contributed by atoms with Crippen molar-refractivity contribution in [1.29, 1.82) is 0 Å². The van der Waals surface area contributed by atoms with Gasteiger partial charge < -0.3 is 5.32 Å². The first kappa shape index (κ1) is 14.2. The van der Waals surface area contributed by atoms with Crippen molar-refractivity contribution in [3.05, 3.63) is 84.1 Å². The van der Waals surface area contributed by atoms with Crippen LogP contribution in [0.15, 0.2) is 72.9 Å². The molecule has 23 heavy (non-hydrogen) atoms. The topological polar surface area (TPSA) is 32.3 Å². The van der Waals surface area contributed by atoms with Crippen LogP contribution in [0.4, 0.5) is 0 Å². The number of amides is 1. The van der Waals surface area contributed by atoms with Gasteiger partial charge in [-0.25, -0.2) is 0 Å². The molecule has 0 saturated carbocycles. The number of fused-ring (bicyclic) bond motifs is 2. The van der Waals surface area contributed by atoms with Crippen molar-refractivity contribution in [3.63, 3.8) is 0 Å². The van der Waals surface area contributed by atoms with E-state index < -0.39 is 0 Å². The number of carbonyl (C=O) groups excluding carboxylic acids is 1. The first-order chi connectivity index (χ1) is 11.2. The molecule has 0 spiro atoms. The van der Waals surface area contributed by atoms with Crippen molar-refractivity contribution < 1.29 is 4.79 Å². The number of nitrogens with zero attached hydrogens (tertiary/aromatic N) is 1. The van der Waals surface area contributed by atoms with Crippen LogP contribution in [0, 0.1) is 0 Å². The van der Waals surface area contributed by atoms with Crippen LogP contribution >= 0.6 is 0 Å². The molecule has 0 radical (unpaired) electrons. The highest BCUT2D eigenvalue weighted by atomic mass is 16.2. The Labute approximate surface area is 136 Å². The van der Waals surface area contributed by atoms with E-state index >= 15 is 0 Å². The molecule has 4 rings (SSSR count). The van der Waals surface area contributed by atoms with Crippen LogP contribution in [-0.2, 0) is 11.3 Å². The zero-order valence-corrected chi connectivity index (χ0v) is 13.0. The van der Waals surface area contributed by atoms with Crippen molar-refractivity contribution in [3.8, 4) is 0 Å². The van der Waals surface area contributed by atoms with Crippen LogP contribution in [0.5, 0.6) is 0 Å². The molecule has 0 unspecified atom stereocenters. The van der Waals surface area contributed by atoms with Gasteiger partial charge in [-0.2, -0.15) is 0 Å². The van der Waals surface area contributed by atoms with Crippen LogP contribution in [0.3, 0.4) is 0 Å². The molecule has 116 valence electrons. The highest BCUT2D eigenvalue weighted by Crippen LogP contribution is 2.43. The molecular formula is C20H20N2O. The molecule has 0 aliphatic carbocycles. The van der Waals surface area contributed by atoms with E-state index in [-0.39, 0.29) is 18.0 Å². The predicted molar refractivity (Wildman–Crippen MR) is 90.6 cm³/mol. The molecule has 1 N–H and O–H groups in total. The van der Waals surface area contributed by atoms with Crippen LogP contribution in [0.25, 0.3) is 0 Å². The second-order valence-corrected chi connectivity index (χ2v) is 6.39. The van der Waals surface area contributed by atoms with Crippen LogP contribution < -0.4 is 5.32 Å². The van der Waals surface area contributed by atoms with Crippen molar-refractivity contribution in [2.75, 3.05) is 0 Å². The summed E-state index contributed by atoms with van der Waals surface area (Å²) >= 11 is 0. The molecule has 3 heteroatoms. The van der Waals surface area contributed by atoms with Gasteiger partial charge in [-0.3, -0.25) is 9.69 Å². The van der Waals surface area contributed by atoms with Gasteiger partial charge in [0, 0.05) is 18.2 Å². The largest absolute Gasteiger partial charge is 0.327 e. The Morgan fingerprint density at radius 3 is 2.39 bits per heavy atom. The molecule has 2 bridgehead atoms. The fourth-order valence-electron chi connectivity index (χ4n) is 3.97. The Hall–Kier alpha value is -2.39. The zero-order valence-electron chi connectivity index (χ0n) is 13.0. The van der Waals surface area contributed by atoms with Crippen LogP contribution in [0.1, 0.15) is 23.5 Å². The number of hydrogen-bond acceptors (Lipinski definition) is 2. The van der Waals surface area contributed by atoms with Gasteiger partial charge in [-0.05, 0) is 17.5 Å². The number of carbonyl (C=O) groups is 1. The van der Waals surface area contributed by atoms with E-state index in [9.17, 15) is 4.79 Å². The lowest BCUT2D eigenvalue weighted by molar-refractivity contribution is -0.127. The second kappa shape index (κ2) is 5.67. The first-order valence-corrected chi connectivity index (χ1v) is 8.08. The van der Waals surface area contributed by atoms with Gasteiger partial charge in [0.25, 0.3) is 0 Å². The Balaban J connectivity index is 1.69. The van der Waals surface area contributed by atoms with E-state index in [1.165, 1.54) is 11.1 Å². The number of hydrogen-bond donors (Lipinski definition) is 1. The van der Waals surface area contributed by atoms with Crippen molar-refractivity contribution in [1.82, 2.24) is 10.2 Å². The Morgan fingerprint density at radius 1 is 1.04 bits per heavy atom. The summed E-state index contributed by atoms with van der Waals surface area (Å²) < 4.78 is 0. The maximum atomic E-state index is 12.4. The summed E-state index contributed by atoms with van der Waals surface area (Å²) in [7, 11) is 0. The van der Waals surface area contributed by atoms with Crippen molar-refractivity contribution in [2.24, 2.45) is 0 Å². The highest BCUT2D eigenvalue weighted by Gasteiger charge is 2.49. The lowest BCUT2D eigenvalue weighted by Crippen LogP contribution is -2.53. The predicted octanol–water partition coefficient (Wildman–Crippen LogP) is 3.06. The van der Waals surface area contributed by atoms with E-state index in [1.807, 2.05) is 24.3 Å². The van der Waals surface area contributed by atoms with E-state index in [0.29, 0.717) is 5.92 Å². The third kappa shape index (κ3) is 2.47. The van der Waals surface area contributed by atoms with Gasteiger partial charge in [0.1, 0.15) is 0 Å². The first-order valence-electron chi connectivity index (χ1n) is 8.08. The standard InChI is InChI=1S/C20H20N2O/c1-14-19-17(16-10-6-3-7-11-16)12-18(20(23)21-14)22(19)13-15-8-4-2-5-9-15/h2-11,17-19H,1,12-13H2,(H,21,23)/t17-,18+,19+/m0/s1. The van der Waals surface area contributed by atoms with Gasteiger partial charge in [0.15, 0.2) is 0 Å². The summed E-state index contributed by atoms with van der Waals surface area (Å²) in [5.74, 6) is 0.400. The molecule has 3 atom stereocenters. The lowest BCUT2D eigenvalue weighted by atomic mass is 9.90. The average molecular weight is 304 g/mol. The fourth-order valence-corrected chi connectivity index (χ4v) is 3.97. The minimum Gasteiger partial charge on any atom is -0.327 e. The lowest BCUT2D eigenvalue weighted by Gasteiger charge is -2.37. The van der Waals surface area contributed by atoms with Crippen LogP contribution in [-0.4, -0.2) is 22.9 Å². The summed E-state index contributed by atoms with van der Waals surface area (Å²) in [6.45, 7) is 4.92. The summed E-state index contributed by atoms with van der Waals surface area (Å²) in [4.78, 5) is 14.7. The van der Waals surface area contributed by atoms with E-state index in [0.717, 1.165) is 18.7 Å². The molecule has 0 aromatic heterocycles. The van der Waals surface area contributed by atoms with Gasteiger partial charge in [-0.15, -0.1) is 0 Å². The summed E-state index contributed by atoms with van der Waals surface area (Å²) in [5, 5.41) is 2.98. The SMILES string of the molecule is C=C1NC(=O)[C@H]2C[C@@H](c3ccccc3)[C@@H]1N2Cc1ccccc1. The van der Waals surface area contributed by atoms with Crippen molar-refractivity contribution in [2.45, 2.75) is 31.0 Å². The smallest absolute Gasteiger partial charge is 0.241 e. The van der Waals surface area contributed by atoms with Gasteiger partial charge in [0.2, 0.25) is 5.91 Å². The number of benzene rings is 2. The van der Waals surface area contributed by atoms with Crippen molar-refractivity contribution >= 4 is 5.91 Å². The Kier molecular flexibility index (Phi) is 3.50. The number of nitrogens with one attached hydrogen (secondary N) is 1. The maximum absolute atomic E-state index is 12.4. The van der Waals surface area contributed by atoms with E-state index in [1.54, 1.807) is 0 Å². The summed E-state index contributed by atoms with van der Waals surface area (Å²) in [6.07, 6.45) is 0.854. The number of rotatable bonds is 3. The molecule has 2 aromatic rings. The molecule has 2 saturated heterocycles. The third-order valence-electron chi connectivity index (χ3n) is 5.00. The monoisotopic (exact) mass is 304 g/mol. The number of piperazine rings is 1. The quantitative estimate of drug-likeness (QED) is 0.945. The average Bonchev–Trinajstić information content (AvgIpc) is 2.89. The van der Waals surface area contributed by atoms with E-state index in [2.05, 4.69) is 53.2 Å². The molecule has 2 aliphatic heterocycles. The Bertz CT molecular complexity index is 726.